The highest BCUT2D eigenvalue weighted by Gasteiger charge is 2.25. The van der Waals surface area contributed by atoms with E-state index < -0.39 is 17.2 Å². The van der Waals surface area contributed by atoms with Gasteiger partial charge in [0.25, 0.3) is 0 Å². The minimum atomic E-state index is -0.541. The Balaban J connectivity index is 1.67. The largest absolute Gasteiger partial charge is 0.444 e. The summed E-state index contributed by atoms with van der Waals surface area (Å²) in [5.41, 5.74) is 1.41. The minimum Gasteiger partial charge on any atom is -0.444 e. The predicted octanol–water partition coefficient (Wildman–Crippen LogP) is 2.78. The summed E-state index contributed by atoms with van der Waals surface area (Å²) in [5.74, 6) is 0.795. The van der Waals surface area contributed by atoms with Gasteiger partial charge < -0.3 is 25.6 Å². The zero-order chi connectivity index (χ0) is 23.1. The average Bonchev–Trinajstić information content (AvgIpc) is 3.09. The summed E-state index contributed by atoms with van der Waals surface area (Å²) < 4.78 is 5.31. The minimum absolute atomic E-state index is 0.170. The van der Waals surface area contributed by atoms with Gasteiger partial charge in [-0.15, -0.1) is 0 Å². The van der Waals surface area contributed by atoms with Crippen LogP contribution in [0, 0.1) is 0 Å². The van der Waals surface area contributed by atoms with Crippen LogP contribution in [0.5, 0.6) is 0 Å². The summed E-state index contributed by atoms with van der Waals surface area (Å²) in [7, 11) is 1.69. The fraction of sp³-hybridized carbons (Fsp3) is 0.609. The zero-order valence-corrected chi connectivity index (χ0v) is 19.7. The molecule has 1 aliphatic heterocycles. The van der Waals surface area contributed by atoms with Gasteiger partial charge in [-0.3, -0.25) is 9.79 Å². The maximum atomic E-state index is 12.5. The average molecular weight is 432 g/mol. The van der Waals surface area contributed by atoms with Crippen molar-refractivity contribution < 1.29 is 14.3 Å². The standard InChI is InChI=1S/C23H37N5O3/c1-22(2,3)31-21(30)27-23(4,5)16-26-20(24-6)25-13-9-12-19(29)28-14-17-10-7-8-11-18(17)15-28/h7-8,10-11H,9,12-16H2,1-6H3,(H,27,30)(H2,24,25,26). The first kappa shape index (κ1) is 24.5. The van der Waals surface area contributed by atoms with Crippen molar-refractivity contribution in [2.45, 2.75) is 71.7 Å². The Morgan fingerprint density at radius 3 is 2.23 bits per heavy atom. The molecule has 31 heavy (non-hydrogen) atoms. The number of amides is 2. The SMILES string of the molecule is CN=C(NCCCC(=O)N1Cc2ccccc2C1)NCC(C)(C)NC(=O)OC(C)(C)C. The van der Waals surface area contributed by atoms with Crippen LogP contribution >= 0.6 is 0 Å². The Kier molecular flexibility index (Phi) is 8.30. The van der Waals surface area contributed by atoms with E-state index in [1.807, 2.05) is 51.7 Å². The van der Waals surface area contributed by atoms with Gasteiger partial charge >= 0.3 is 6.09 Å². The molecule has 0 spiro atoms. The van der Waals surface area contributed by atoms with Gasteiger partial charge in [0.1, 0.15) is 5.60 Å². The molecule has 1 heterocycles. The molecule has 0 saturated heterocycles. The molecule has 8 heteroatoms. The highest BCUT2D eigenvalue weighted by molar-refractivity contribution is 5.80. The molecule has 3 N–H and O–H groups in total. The van der Waals surface area contributed by atoms with Crippen LogP contribution in [0.2, 0.25) is 0 Å². The number of rotatable bonds is 7. The first-order valence-electron chi connectivity index (χ1n) is 10.8. The number of hydrogen-bond donors (Lipinski definition) is 3. The fourth-order valence-electron chi connectivity index (χ4n) is 3.26. The van der Waals surface area contributed by atoms with E-state index in [0.29, 0.717) is 45.0 Å². The van der Waals surface area contributed by atoms with Gasteiger partial charge in [0.2, 0.25) is 5.91 Å². The number of alkyl carbamates (subject to hydrolysis) is 1. The molecule has 0 bridgehead atoms. The number of guanidine groups is 1. The number of carbonyl (C=O) groups excluding carboxylic acids is 2. The third kappa shape index (κ3) is 8.47. The molecule has 0 fully saturated rings. The molecule has 0 aromatic heterocycles. The van der Waals surface area contributed by atoms with Crippen molar-refractivity contribution in [2.75, 3.05) is 20.1 Å². The van der Waals surface area contributed by atoms with Crippen LogP contribution in [-0.4, -0.2) is 54.1 Å². The molecule has 0 aliphatic carbocycles. The third-order valence-corrected chi connectivity index (χ3v) is 4.81. The first-order valence-corrected chi connectivity index (χ1v) is 10.8. The van der Waals surface area contributed by atoms with Gasteiger partial charge in [0.15, 0.2) is 5.96 Å². The lowest BCUT2D eigenvalue weighted by Crippen LogP contribution is -2.54. The lowest BCUT2D eigenvalue weighted by Gasteiger charge is -2.29. The second kappa shape index (κ2) is 10.5. The van der Waals surface area contributed by atoms with E-state index in [9.17, 15) is 9.59 Å². The number of hydrogen-bond acceptors (Lipinski definition) is 4. The van der Waals surface area contributed by atoms with Crippen LogP contribution in [0.1, 0.15) is 58.6 Å². The van der Waals surface area contributed by atoms with Crippen LogP contribution < -0.4 is 16.0 Å². The van der Waals surface area contributed by atoms with Crippen LogP contribution in [0.4, 0.5) is 4.79 Å². The summed E-state index contributed by atoms with van der Waals surface area (Å²) in [4.78, 5) is 30.6. The maximum absolute atomic E-state index is 12.5. The van der Waals surface area contributed by atoms with Crippen molar-refractivity contribution >= 4 is 18.0 Å². The molecular formula is C23H37N5O3. The molecule has 0 radical (unpaired) electrons. The predicted molar refractivity (Wildman–Crippen MR) is 123 cm³/mol. The summed E-state index contributed by atoms with van der Waals surface area (Å²) in [5, 5.41) is 9.28. The van der Waals surface area contributed by atoms with Gasteiger partial charge in [0, 0.05) is 39.6 Å². The monoisotopic (exact) mass is 431 g/mol. The van der Waals surface area contributed by atoms with Gasteiger partial charge in [-0.2, -0.15) is 0 Å². The number of nitrogens with zero attached hydrogens (tertiary/aromatic N) is 2. The number of ether oxygens (including phenoxy) is 1. The van der Waals surface area contributed by atoms with E-state index in [0.717, 1.165) is 0 Å². The molecular weight excluding hydrogens is 394 g/mol. The summed E-state index contributed by atoms with van der Waals surface area (Å²) in [6.45, 7) is 11.8. The maximum Gasteiger partial charge on any atom is 0.408 e. The number of carbonyl (C=O) groups is 2. The number of aliphatic imine (C=N–C) groups is 1. The number of benzene rings is 1. The van der Waals surface area contributed by atoms with Crippen molar-refractivity contribution in [3.63, 3.8) is 0 Å². The highest BCUT2D eigenvalue weighted by Crippen LogP contribution is 2.22. The van der Waals surface area contributed by atoms with Gasteiger partial charge in [-0.1, -0.05) is 24.3 Å². The second-order valence-corrected chi connectivity index (χ2v) is 9.49. The Bertz CT molecular complexity index is 774. The van der Waals surface area contributed by atoms with E-state index in [1.165, 1.54) is 11.1 Å². The van der Waals surface area contributed by atoms with E-state index >= 15 is 0 Å². The summed E-state index contributed by atoms with van der Waals surface area (Å²) in [6.07, 6.45) is 0.750. The normalized spacial score (nSPS) is 14.1. The Labute approximate surface area is 185 Å². The lowest BCUT2D eigenvalue weighted by molar-refractivity contribution is -0.131. The van der Waals surface area contributed by atoms with Crippen molar-refractivity contribution in [1.82, 2.24) is 20.9 Å². The van der Waals surface area contributed by atoms with E-state index in [4.69, 9.17) is 4.74 Å². The molecule has 0 atom stereocenters. The van der Waals surface area contributed by atoms with E-state index in [-0.39, 0.29) is 5.91 Å². The van der Waals surface area contributed by atoms with Crippen LogP contribution in [0.15, 0.2) is 29.3 Å². The quantitative estimate of drug-likeness (QED) is 0.351. The molecule has 2 amide bonds. The van der Waals surface area contributed by atoms with E-state index in [2.05, 4.69) is 33.1 Å². The lowest BCUT2D eigenvalue weighted by atomic mass is 10.1. The first-order chi connectivity index (χ1) is 14.5. The van der Waals surface area contributed by atoms with Crippen LogP contribution in [-0.2, 0) is 22.6 Å². The third-order valence-electron chi connectivity index (χ3n) is 4.81. The second-order valence-electron chi connectivity index (χ2n) is 9.49. The van der Waals surface area contributed by atoms with Crippen molar-refractivity contribution in [2.24, 2.45) is 4.99 Å². The van der Waals surface area contributed by atoms with Gasteiger partial charge in [-0.05, 0) is 52.2 Å². The number of nitrogens with one attached hydrogen (secondary N) is 3. The summed E-state index contributed by atoms with van der Waals surface area (Å²) >= 11 is 0. The molecule has 1 aromatic carbocycles. The molecule has 0 unspecified atom stereocenters. The molecule has 1 aliphatic rings. The van der Waals surface area contributed by atoms with Gasteiger partial charge in [-0.25, -0.2) is 4.79 Å². The zero-order valence-electron chi connectivity index (χ0n) is 19.7. The fourth-order valence-corrected chi connectivity index (χ4v) is 3.26. The Morgan fingerprint density at radius 2 is 1.68 bits per heavy atom. The molecule has 1 aromatic rings. The topological polar surface area (TPSA) is 95.1 Å². The molecule has 172 valence electrons. The molecule has 0 saturated carbocycles. The molecule has 8 nitrogen and oxygen atoms in total. The van der Waals surface area contributed by atoms with Crippen molar-refractivity contribution in [3.8, 4) is 0 Å². The van der Waals surface area contributed by atoms with Crippen LogP contribution in [0.25, 0.3) is 0 Å². The smallest absolute Gasteiger partial charge is 0.408 e. The summed E-state index contributed by atoms with van der Waals surface area (Å²) in [6, 6.07) is 8.19. The number of fused-ring (bicyclic) bond motifs is 1. The van der Waals surface area contributed by atoms with Crippen molar-refractivity contribution in [1.29, 1.82) is 0 Å². The van der Waals surface area contributed by atoms with Crippen LogP contribution in [0.3, 0.4) is 0 Å². The Morgan fingerprint density at radius 1 is 1.06 bits per heavy atom. The highest BCUT2D eigenvalue weighted by atomic mass is 16.6. The molecule has 2 rings (SSSR count). The Hall–Kier alpha value is -2.77. The van der Waals surface area contributed by atoms with Gasteiger partial charge in [0.05, 0.1) is 5.54 Å². The van der Waals surface area contributed by atoms with Crippen molar-refractivity contribution in [3.05, 3.63) is 35.4 Å². The van der Waals surface area contributed by atoms with E-state index in [1.54, 1.807) is 7.05 Å².